The molecule has 1 fully saturated rings. The molecule has 0 atom stereocenters. The number of tetrazole rings is 1. The van der Waals surface area contributed by atoms with Crippen molar-refractivity contribution < 1.29 is 4.79 Å². The molecule has 0 saturated carbocycles. The van der Waals surface area contributed by atoms with Crippen LogP contribution in [-0.2, 0) is 0 Å². The molecule has 1 aliphatic heterocycles. The summed E-state index contributed by atoms with van der Waals surface area (Å²) in [5, 5.41) is 12.8. The van der Waals surface area contributed by atoms with Gasteiger partial charge in [-0.05, 0) is 66.6 Å². The second-order valence-corrected chi connectivity index (χ2v) is 7.30. The van der Waals surface area contributed by atoms with Gasteiger partial charge in [0.05, 0.1) is 5.69 Å². The average molecular weight is 382 g/mol. The van der Waals surface area contributed by atoms with Crippen LogP contribution < -0.4 is 4.90 Å². The van der Waals surface area contributed by atoms with Crippen molar-refractivity contribution in [3.05, 3.63) is 64.7 Å². The predicted molar refractivity (Wildman–Crippen MR) is 105 cm³/mol. The lowest BCUT2D eigenvalue weighted by Crippen LogP contribution is -2.37. The van der Waals surface area contributed by atoms with Crippen LogP contribution in [0.3, 0.4) is 0 Å². The van der Waals surface area contributed by atoms with Crippen LogP contribution in [-0.4, -0.2) is 39.1 Å². The van der Waals surface area contributed by atoms with Crippen LogP contribution in [0.2, 0.25) is 5.02 Å². The number of carbonyl (C=O) groups is 1. The van der Waals surface area contributed by atoms with Crippen LogP contribution in [0.15, 0.2) is 48.5 Å². The summed E-state index contributed by atoms with van der Waals surface area (Å²) < 4.78 is 1.75. The molecule has 6 nitrogen and oxygen atoms in total. The number of hydrogen-bond acceptors (Lipinski definition) is 5. The summed E-state index contributed by atoms with van der Waals surface area (Å²) in [4.78, 5) is 14.9. The number of hydrogen-bond donors (Lipinski definition) is 0. The molecule has 27 heavy (non-hydrogen) atoms. The van der Waals surface area contributed by atoms with Gasteiger partial charge in [0.1, 0.15) is 0 Å². The second kappa shape index (κ2) is 7.48. The summed E-state index contributed by atoms with van der Waals surface area (Å²) in [5.74, 6) is 0.923. The molecule has 0 unspecified atom stereocenters. The minimum absolute atomic E-state index is 0.0196. The number of nitrogens with zero attached hydrogens (tertiary/aromatic N) is 5. The number of carbonyl (C=O) groups excluding carboxylic acids is 1. The van der Waals surface area contributed by atoms with Crippen LogP contribution >= 0.6 is 11.6 Å². The first-order valence-corrected chi connectivity index (χ1v) is 9.40. The summed E-state index contributed by atoms with van der Waals surface area (Å²) in [7, 11) is 0. The molecule has 4 rings (SSSR count). The van der Waals surface area contributed by atoms with Gasteiger partial charge in [-0.2, -0.15) is 4.68 Å². The van der Waals surface area contributed by atoms with Gasteiger partial charge in [-0.15, -0.1) is 0 Å². The van der Waals surface area contributed by atoms with Gasteiger partial charge in [0, 0.05) is 29.6 Å². The maximum Gasteiger partial charge on any atom is 0.250 e. The Kier molecular flexibility index (Phi) is 4.90. The van der Waals surface area contributed by atoms with E-state index in [4.69, 9.17) is 11.6 Å². The molecule has 1 aromatic heterocycles. The van der Waals surface area contributed by atoms with Gasteiger partial charge in [0.25, 0.3) is 0 Å². The standard InChI is InChI=1S/C20H20ClN5O/c1-14-2-8-18(9-3-14)26-20(22-23-24-26)25-12-10-16(11-13-25)19(27)15-4-6-17(21)7-5-15/h2-9,16H,10-13H2,1H3. The SMILES string of the molecule is Cc1ccc(-n2nnnc2N2CCC(C(=O)c3ccc(Cl)cc3)CC2)cc1. The minimum Gasteiger partial charge on any atom is -0.339 e. The molecule has 1 aliphatic rings. The van der Waals surface area contributed by atoms with E-state index in [1.165, 1.54) is 5.56 Å². The van der Waals surface area contributed by atoms with Crippen molar-refractivity contribution in [1.29, 1.82) is 0 Å². The molecule has 2 aromatic carbocycles. The van der Waals surface area contributed by atoms with Gasteiger partial charge in [0.15, 0.2) is 5.78 Å². The fraction of sp³-hybridized carbons (Fsp3) is 0.300. The molecule has 0 radical (unpaired) electrons. The fourth-order valence-corrected chi connectivity index (χ4v) is 3.55. The quantitative estimate of drug-likeness (QED) is 0.644. The van der Waals surface area contributed by atoms with Crippen LogP contribution in [0.25, 0.3) is 5.69 Å². The Bertz CT molecular complexity index is 928. The van der Waals surface area contributed by atoms with Crippen molar-refractivity contribution >= 4 is 23.3 Å². The molecule has 7 heteroatoms. The average Bonchev–Trinajstić information content (AvgIpc) is 3.18. The van der Waals surface area contributed by atoms with E-state index in [-0.39, 0.29) is 11.7 Å². The first-order valence-electron chi connectivity index (χ1n) is 9.02. The van der Waals surface area contributed by atoms with Gasteiger partial charge < -0.3 is 4.90 Å². The highest BCUT2D eigenvalue weighted by molar-refractivity contribution is 6.30. The Morgan fingerprint density at radius 3 is 2.37 bits per heavy atom. The molecule has 0 N–H and O–H groups in total. The first-order chi connectivity index (χ1) is 13.1. The summed E-state index contributed by atoms with van der Waals surface area (Å²) in [6, 6.07) is 15.2. The van der Waals surface area contributed by atoms with Crippen molar-refractivity contribution in [3.8, 4) is 5.69 Å². The summed E-state index contributed by atoms with van der Waals surface area (Å²) in [6.45, 7) is 3.54. The molecular weight excluding hydrogens is 362 g/mol. The Hall–Kier alpha value is -2.73. The molecule has 2 heterocycles. The number of aryl methyl sites for hydroxylation is 1. The zero-order valence-corrected chi connectivity index (χ0v) is 15.8. The van der Waals surface area contributed by atoms with E-state index in [9.17, 15) is 4.79 Å². The van der Waals surface area contributed by atoms with E-state index in [1.807, 2.05) is 31.2 Å². The zero-order chi connectivity index (χ0) is 18.8. The third-order valence-corrected chi connectivity index (χ3v) is 5.26. The van der Waals surface area contributed by atoms with Crippen LogP contribution in [0.4, 0.5) is 5.95 Å². The van der Waals surface area contributed by atoms with Gasteiger partial charge in [-0.1, -0.05) is 34.4 Å². The number of anilines is 1. The van der Waals surface area contributed by atoms with Crippen molar-refractivity contribution in [2.75, 3.05) is 18.0 Å². The highest BCUT2D eigenvalue weighted by Gasteiger charge is 2.28. The number of benzene rings is 2. The van der Waals surface area contributed by atoms with Crippen molar-refractivity contribution in [2.45, 2.75) is 19.8 Å². The largest absolute Gasteiger partial charge is 0.339 e. The Balaban J connectivity index is 1.46. The highest BCUT2D eigenvalue weighted by Crippen LogP contribution is 2.26. The minimum atomic E-state index is 0.0196. The van der Waals surface area contributed by atoms with E-state index in [1.54, 1.807) is 28.9 Å². The van der Waals surface area contributed by atoms with Gasteiger partial charge in [0.2, 0.25) is 5.95 Å². The number of Topliss-reactive ketones (excluding diaryl/α,β-unsaturated/α-hetero) is 1. The van der Waals surface area contributed by atoms with Crippen molar-refractivity contribution in [1.82, 2.24) is 20.2 Å². The zero-order valence-electron chi connectivity index (χ0n) is 15.0. The highest BCUT2D eigenvalue weighted by atomic mass is 35.5. The summed E-state index contributed by atoms with van der Waals surface area (Å²) in [6.07, 6.45) is 1.56. The van der Waals surface area contributed by atoms with E-state index in [0.29, 0.717) is 5.02 Å². The third kappa shape index (κ3) is 3.71. The van der Waals surface area contributed by atoms with Crippen LogP contribution in [0, 0.1) is 12.8 Å². The third-order valence-electron chi connectivity index (χ3n) is 5.01. The number of rotatable bonds is 4. The number of halogens is 1. The number of piperidine rings is 1. The van der Waals surface area contributed by atoms with Crippen LogP contribution in [0.5, 0.6) is 0 Å². The first kappa shape index (κ1) is 17.7. The van der Waals surface area contributed by atoms with E-state index in [2.05, 4.69) is 20.4 Å². The van der Waals surface area contributed by atoms with Crippen LogP contribution in [0.1, 0.15) is 28.8 Å². The van der Waals surface area contributed by atoms with E-state index in [0.717, 1.165) is 43.1 Å². The summed E-state index contributed by atoms with van der Waals surface area (Å²) >= 11 is 5.91. The lowest BCUT2D eigenvalue weighted by Gasteiger charge is -2.31. The molecule has 3 aromatic rings. The molecule has 138 valence electrons. The second-order valence-electron chi connectivity index (χ2n) is 6.86. The molecular formula is C20H20ClN5O. The topological polar surface area (TPSA) is 63.9 Å². The Labute approximate surface area is 162 Å². The lowest BCUT2D eigenvalue weighted by molar-refractivity contribution is 0.0900. The van der Waals surface area contributed by atoms with E-state index >= 15 is 0 Å². The smallest absolute Gasteiger partial charge is 0.250 e. The molecule has 0 amide bonds. The molecule has 0 aliphatic carbocycles. The molecule has 0 spiro atoms. The maximum atomic E-state index is 12.7. The maximum absolute atomic E-state index is 12.7. The van der Waals surface area contributed by atoms with Gasteiger partial charge in [-0.3, -0.25) is 4.79 Å². The molecule has 1 saturated heterocycles. The van der Waals surface area contributed by atoms with Gasteiger partial charge in [-0.25, -0.2) is 0 Å². The van der Waals surface area contributed by atoms with Crippen molar-refractivity contribution in [3.63, 3.8) is 0 Å². The Morgan fingerprint density at radius 2 is 1.70 bits per heavy atom. The molecule has 0 bridgehead atoms. The predicted octanol–water partition coefficient (Wildman–Crippen LogP) is 3.72. The number of aromatic nitrogens is 4. The normalized spacial score (nSPS) is 15.1. The van der Waals surface area contributed by atoms with Crippen molar-refractivity contribution in [2.24, 2.45) is 5.92 Å². The lowest BCUT2D eigenvalue weighted by atomic mass is 9.89. The number of ketones is 1. The monoisotopic (exact) mass is 381 g/mol. The van der Waals surface area contributed by atoms with Gasteiger partial charge >= 0.3 is 0 Å². The summed E-state index contributed by atoms with van der Waals surface area (Å²) in [5.41, 5.74) is 2.84. The Morgan fingerprint density at radius 1 is 1.04 bits per heavy atom. The van der Waals surface area contributed by atoms with E-state index < -0.39 is 0 Å². The fourth-order valence-electron chi connectivity index (χ4n) is 3.42.